The number of carbonyl (C=O) groups is 1. The lowest BCUT2D eigenvalue weighted by Gasteiger charge is -2.16. The molecule has 1 aliphatic carbocycles. The summed E-state index contributed by atoms with van der Waals surface area (Å²) >= 11 is 6.13. The summed E-state index contributed by atoms with van der Waals surface area (Å²) in [6.45, 7) is 3.91. The van der Waals surface area contributed by atoms with Crippen LogP contribution in [0, 0.1) is 5.92 Å². The van der Waals surface area contributed by atoms with E-state index >= 15 is 0 Å². The van der Waals surface area contributed by atoms with E-state index in [1.165, 1.54) is 25.7 Å². The molecule has 3 rings (SSSR count). The lowest BCUT2D eigenvalue weighted by atomic mass is 9.98. The van der Waals surface area contributed by atoms with E-state index in [1.807, 2.05) is 19.9 Å². The van der Waals surface area contributed by atoms with Crippen molar-refractivity contribution in [2.75, 3.05) is 0 Å². The largest absolute Gasteiger partial charge is 0.490 e. The lowest BCUT2D eigenvalue weighted by molar-refractivity contribution is 0.0695. The fourth-order valence-electron chi connectivity index (χ4n) is 3.74. The van der Waals surface area contributed by atoms with Gasteiger partial charge in [-0.15, -0.1) is 0 Å². The van der Waals surface area contributed by atoms with E-state index in [0.717, 1.165) is 12.0 Å². The van der Waals surface area contributed by atoms with Crippen molar-refractivity contribution < 1.29 is 14.6 Å². The molecule has 1 heterocycles. The number of hydrogen-bond donors (Lipinski definition) is 1. The van der Waals surface area contributed by atoms with E-state index in [9.17, 15) is 9.90 Å². The van der Waals surface area contributed by atoms with Crippen LogP contribution in [0.25, 0.3) is 11.3 Å². The van der Waals surface area contributed by atoms with Gasteiger partial charge in [0, 0.05) is 10.6 Å². The van der Waals surface area contributed by atoms with Crippen LogP contribution in [0.2, 0.25) is 5.02 Å². The van der Waals surface area contributed by atoms with Crippen LogP contribution in [0.3, 0.4) is 0 Å². The van der Waals surface area contributed by atoms with Gasteiger partial charge >= 0.3 is 5.97 Å². The highest BCUT2D eigenvalue weighted by molar-refractivity contribution is 6.30. The summed E-state index contributed by atoms with van der Waals surface area (Å²) in [6, 6.07) is 8.86. The zero-order valence-electron chi connectivity index (χ0n) is 15.9. The molecule has 1 aromatic heterocycles. The molecule has 1 aliphatic rings. The van der Waals surface area contributed by atoms with Crippen LogP contribution in [0.15, 0.2) is 30.3 Å². The van der Waals surface area contributed by atoms with Crippen LogP contribution in [-0.4, -0.2) is 22.2 Å². The second kappa shape index (κ2) is 8.75. The summed E-state index contributed by atoms with van der Waals surface area (Å²) in [7, 11) is 0. The van der Waals surface area contributed by atoms with Crippen molar-refractivity contribution in [1.29, 1.82) is 0 Å². The highest BCUT2D eigenvalue weighted by atomic mass is 35.5. The maximum Gasteiger partial charge on any atom is 0.337 e. The van der Waals surface area contributed by atoms with Crippen molar-refractivity contribution in [1.82, 2.24) is 4.98 Å². The Bertz CT molecular complexity index is 813. The fraction of sp³-hybridized carbons (Fsp3) is 0.455. The number of pyridine rings is 1. The summed E-state index contributed by atoms with van der Waals surface area (Å²) < 4.78 is 5.90. The molecule has 1 fully saturated rings. The second-order valence-corrected chi connectivity index (χ2v) is 7.93. The Hall–Kier alpha value is -2.07. The Labute approximate surface area is 165 Å². The number of carboxylic acids is 1. The summed E-state index contributed by atoms with van der Waals surface area (Å²) in [5.74, 6) is 0.424. The van der Waals surface area contributed by atoms with Crippen molar-refractivity contribution in [3.8, 4) is 17.0 Å². The van der Waals surface area contributed by atoms with Crippen LogP contribution < -0.4 is 4.74 Å². The Morgan fingerprint density at radius 3 is 2.67 bits per heavy atom. The summed E-state index contributed by atoms with van der Waals surface area (Å²) in [4.78, 5) is 16.4. The van der Waals surface area contributed by atoms with E-state index in [2.05, 4.69) is 0 Å². The molecule has 0 bridgehead atoms. The van der Waals surface area contributed by atoms with Crippen LogP contribution in [0.5, 0.6) is 5.75 Å². The van der Waals surface area contributed by atoms with E-state index in [1.54, 1.807) is 24.3 Å². The molecule has 4 nitrogen and oxygen atoms in total. The number of benzene rings is 1. The van der Waals surface area contributed by atoms with Gasteiger partial charge in [-0.05, 0) is 62.9 Å². The molecule has 144 valence electrons. The van der Waals surface area contributed by atoms with Crippen LogP contribution in [-0.2, 0) is 6.42 Å². The lowest BCUT2D eigenvalue weighted by Crippen LogP contribution is -2.09. The Morgan fingerprint density at radius 1 is 1.26 bits per heavy atom. The molecule has 0 unspecified atom stereocenters. The van der Waals surface area contributed by atoms with Crippen molar-refractivity contribution in [3.05, 3.63) is 46.6 Å². The molecule has 0 radical (unpaired) electrons. The number of nitrogens with zero attached hydrogens (tertiary/aromatic N) is 1. The van der Waals surface area contributed by atoms with E-state index < -0.39 is 5.97 Å². The maximum absolute atomic E-state index is 11.6. The van der Waals surface area contributed by atoms with Gasteiger partial charge in [-0.2, -0.15) is 0 Å². The summed E-state index contributed by atoms with van der Waals surface area (Å²) in [5.41, 5.74) is 2.48. The molecule has 1 aromatic carbocycles. The van der Waals surface area contributed by atoms with Crippen molar-refractivity contribution >= 4 is 17.6 Å². The normalized spacial score (nSPS) is 14.7. The molecular weight excluding hydrogens is 362 g/mol. The van der Waals surface area contributed by atoms with Gasteiger partial charge in [0.1, 0.15) is 5.75 Å². The zero-order chi connectivity index (χ0) is 19.4. The molecule has 0 atom stereocenters. The third-order valence-electron chi connectivity index (χ3n) is 5.05. The highest BCUT2D eigenvalue weighted by Crippen LogP contribution is 2.34. The molecule has 0 spiro atoms. The molecule has 2 aromatic rings. The number of halogens is 1. The fourth-order valence-corrected chi connectivity index (χ4v) is 3.90. The first-order valence-corrected chi connectivity index (χ1v) is 10.0. The van der Waals surface area contributed by atoms with Gasteiger partial charge in [-0.25, -0.2) is 4.79 Å². The predicted octanol–water partition coefficient (Wildman–Crippen LogP) is 6.01. The minimum Gasteiger partial charge on any atom is -0.490 e. The van der Waals surface area contributed by atoms with Crippen LogP contribution >= 0.6 is 11.6 Å². The van der Waals surface area contributed by atoms with Crippen molar-refractivity contribution in [3.63, 3.8) is 0 Å². The summed E-state index contributed by atoms with van der Waals surface area (Å²) in [5, 5.41) is 10.1. The Kier molecular flexibility index (Phi) is 6.38. The van der Waals surface area contributed by atoms with Crippen molar-refractivity contribution in [2.45, 2.75) is 58.5 Å². The average molecular weight is 388 g/mol. The minimum atomic E-state index is -0.926. The van der Waals surface area contributed by atoms with Crippen LogP contribution in [0.1, 0.15) is 62.0 Å². The first kappa shape index (κ1) is 19.7. The molecule has 0 saturated heterocycles. The molecule has 0 amide bonds. The van der Waals surface area contributed by atoms with E-state index in [-0.39, 0.29) is 11.7 Å². The number of aryl methyl sites for hydroxylation is 1. The van der Waals surface area contributed by atoms with Gasteiger partial charge in [-0.1, -0.05) is 37.3 Å². The zero-order valence-corrected chi connectivity index (χ0v) is 16.6. The number of hydrogen-bond acceptors (Lipinski definition) is 3. The molecule has 1 saturated carbocycles. The Balaban J connectivity index is 1.94. The minimum absolute atomic E-state index is 0.00217. The van der Waals surface area contributed by atoms with Gasteiger partial charge in [0.05, 0.1) is 23.1 Å². The predicted molar refractivity (Wildman–Crippen MR) is 108 cm³/mol. The third kappa shape index (κ3) is 5.01. The standard InChI is InChI=1S/C22H26ClNO3/c1-14(2)27-21-13-16(23)8-9-17(21)19-12-10-18(22(25)26)20(24-19)11-7-15-5-3-4-6-15/h8-10,12-15H,3-7,11H2,1-2H3,(H,25,26). The van der Waals surface area contributed by atoms with Gasteiger partial charge < -0.3 is 9.84 Å². The molecule has 27 heavy (non-hydrogen) atoms. The van der Waals surface area contributed by atoms with Gasteiger partial charge in [0.2, 0.25) is 0 Å². The third-order valence-corrected chi connectivity index (χ3v) is 5.29. The summed E-state index contributed by atoms with van der Waals surface area (Å²) in [6.07, 6.45) is 6.73. The number of aromatic carboxylic acids is 1. The average Bonchev–Trinajstić information content (AvgIpc) is 3.13. The molecular formula is C22H26ClNO3. The van der Waals surface area contributed by atoms with Gasteiger partial charge in [-0.3, -0.25) is 4.98 Å². The number of ether oxygens (including phenoxy) is 1. The smallest absolute Gasteiger partial charge is 0.337 e. The molecule has 1 N–H and O–H groups in total. The Morgan fingerprint density at radius 2 is 2.00 bits per heavy atom. The molecule has 0 aliphatic heterocycles. The molecule has 5 heteroatoms. The van der Waals surface area contributed by atoms with Crippen molar-refractivity contribution in [2.24, 2.45) is 5.92 Å². The van der Waals surface area contributed by atoms with Gasteiger partial charge in [0.15, 0.2) is 0 Å². The second-order valence-electron chi connectivity index (χ2n) is 7.49. The monoisotopic (exact) mass is 387 g/mol. The first-order chi connectivity index (χ1) is 12.9. The quantitative estimate of drug-likeness (QED) is 0.631. The number of rotatable bonds is 7. The number of carboxylic acid groups (broad SMARTS) is 1. The first-order valence-electron chi connectivity index (χ1n) is 9.64. The SMILES string of the molecule is CC(C)Oc1cc(Cl)ccc1-c1ccc(C(=O)O)c(CCC2CCCC2)n1. The van der Waals surface area contributed by atoms with Crippen LogP contribution in [0.4, 0.5) is 0 Å². The van der Waals surface area contributed by atoms with E-state index in [4.69, 9.17) is 21.3 Å². The number of aromatic nitrogens is 1. The van der Waals surface area contributed by atoms with Gasteiger partial charge in [0.25, 0.3) is 0 Å². The maximum atomic E-state index is 11.6. The topological polar surface area (TPSA) is 59.4 Å². The van der Waals surface area contributed by atoms with E-state index in [0.29, 0.717) is 34.5 Å². The highest BCUT2D eigenvalue weighted by Gasteiger charge is 2.19.